The van der Waals surface area contributed by atoms with Gasteiger partial charge in [0.2, 0.25) is 0 Å². The maximum absolute atomic E-state index is 5.06. The summed E-state index contributed by atoms with van der Waals surface area (Å²) in [7, 11) is 0. The van der Waals surface area contributed by atoms with Crippen molar-refractivity contribution in [2.75, 3.05) is 0 Å². The zero-order chi connectivity index (χ0) is 37.9. The molecule has 0 saturated heterocycles. The van der Waals surface area contributed by atoms with E-state index in [1.54, 1.807) is 0 Å². The Bertz CT molecular complexity index is 3230. The lowest BCUT2D eigenvalue weighted by atomic mass is 10.0. The second-order valence-corrected chi connectivity index (χ2v) is 14.6. The van der Waals surface area contributed by atoms with Crippen molar-refractivity contribution in [2.45, 2.75) is 6.92 Å². The van der Waals surface area contributed by atoms with Crippen molar-refractivity contribution < 1.29 is 0 Å². The predicted molar refractivity (Wildman–Crippen MR) is 235 cm³/mol. The minimum absolute atomic E-state index is 0.639. The van der Waals surface area contributed by atoms with Crippen LogP contribution in [0.2, 0.25) is 0 Å². The fraction of sp³-hybridized carbons (Fsp3) is 0.0192. The second kappa shape index (κ2) is 13.3. The standard InChI is InChI=1S/C52H35N5/c1-34-29-39(52-54-50(35-15-5-2-6-16-35)53-51(55-52)36-17-7-3-8-18-36)31-41(30-34)57-47-24-14-12-22-43(47)45-33-38(26-28-49(45)57)37-25-27-48-44(32-37)42-21-11-13-23-46(42)56(48)40-19-9-4-10-20-40/h2-33H,1H3. The molecule has 11 aromatic rings. The first kappa shape index (κ1) is 32.8. The predicted octanol–water partition coefficient (Wildman–Crippen LogP) is 13.0. The van der Waals surface area contributed by atoms with Gasteiger partial charge >= 0.3 is 0 Å². The van der Waals surface area contributed by atoms with Crippen LogP contribution in [-0.2, 0) is 0 Å². The van der Waals surface area contributed by atoms with Crippen LogP contribution in [0.4, 0.5) is 0 Å². The second-order valence-electron chi connectivity index (χ2n) is 14.6. The molecule has 0 amide bonds. The van der Waals surface area contributed by atoms with Gasteiger partial charge in [0.15, 0.2) is 17.5 Å². The number of nitrogens with zero attached hydrogens (tertiary/aromatic N) is 5. The van der Waals surface area contributed by atoms with E-state index in [-0.39, 0.29) is 0 Å². The molecule has 5 nitrogen and oxygen atoms in total. The number of aromatic nitrogens is 5. The number of aryl methyl sites for hydroxylation is 1. The Hall–Kier alpha value is -7.63. The first-order valence-corrected chi connectivity index (χ1v) is 19.3. The third-order valence-corrected chi connectivity index (χ3v) is 11.0. The molecule has 0 spiro atoms. The minimum atomic E-state index is 0.639. The lowest BCUT2D eigenvalue weighted by Gasteiger charge is -2.13. The molecule has 5 heteroatoms. The van der Waals surface area contributed by atoms with Gasteiger partial charge in [0.05, 0.1) is 22.1 Å². The summed E-state index contributed by atoms with van der Waals surface area (Å²) in [5.74, 6) is 1.93. The Morgan fingerprint density at radius 1 is 0.298 bits per heavy atom. The van der Waals surface area contributed by atoms with Crippen LogP contribution in [0.15, 0.2) is 194 Å². The van der Waals surface area contributed by atoms with Gasteiger partial charge in [0.25, 0.3) is 0 Å². The van der Waals surface area contributed by atoms with E-state index in [1.807, 2.05) is 60.7 Å². The van der Waals surface area contributed by atoms with E-state index < -0.39 is 0 Å². The molecule has 0 aliphatic rings. The number of fused-ring (bicyclic) bond motifs is 6. The van der Waals surface area contributed by atoms with E-state index in [0.717, 1.165) is 44.7 Å². The quantitative estimate of drug-likeness (QED) is 0.171. The van der Waals surface area contributed by atoms with Gasteiger partial charge in [0.1, 0.15) is 0 Å². The Kier molecular flexibility index (Phi) is 7.64. The number of rotatable bonds is 6. The fourth-order valence-corrected chi connectivity index (χ4v) is 8.40. The molecule has 0 aliphatic carbocycles. The number of hydrogen-bond acceptors (Lipinski definition) is 3. The molecule has 0 unspecified atom stereocenters. The highest BCUT2D eigenvalue weighted by Crippen LogP contribution is 2.39. The van der Waals surface area contributed by atoms with E-state index in [9.17, 15) is 0 Å². The molecule has 0 radical (unpaired) electrons. The number of hydrogen-bond donors (Lipinski definition) is 0. The van der Waals surface area contributed by atoms with Gasteiger partial charge in [-0.2, -0.15) is 0 Å². The molecule has 0 aliphatic heterocycles. The third-order valence-electron chi connectivity index (χ3n) is 11.0. The van der Waals surface area contributed by atoms with Crippen molar-refractivity contribution >= 4 is 43.6 Å². The maximum atomic E-state index is 5.06. The number of para-hydroxylation sites is 3. The highest BCUT2D eigenvalue weighted by molar-refractivity contribution is 6.12. The lowest BCUT2D eigenvalue weighted by molar-refractivity contribution is 1.07. The van der Waals surface area contributed by atoms with Gasteiger partial charge in [-0.15, -0.1) is 0 Å². The van der Waals surface area contributed by atoms with E-state index >= 15 is 0 Å². The van der Waals surface area contributed by atoms with Crippen molar-refractivity contribution in [1.29, 1.82) is 0 Å². The summed E-state index contributed by atoms with van der Waals surface area (Å²) in [6.07, 6.45) is 0. The molecule has 57 heavy (non-hydrogen) atoms. The molecule has 0 N–H and O–H groups in total. The van der Waals surface area contributed by atoms with Gasteiger partial charge in [-0.3, -0.25) is 0 Å². The van der Waals surface area contributed by atoms with Crippen molar-refractivity contribution in [3.8, 4) is 56.7 Å². The largest absolute Gasteiger partial charge is 0.309 e. The van der Waals surface area contributed by atoms with E-state index in [2.05, 4.69) is 150 Å². The van der Waals surface area contributed by atoms with Crippen molar-refractivity contribution in [2.24, 2.45) is 0 Å². The van der Waals surface area contributed by atoms with Gasteiger partial charge in [-0.25, -0.2) is 15.0 Å². The van der Waals surface area contributed by atoms with Gasteiger partial charge in [-0.1, -0.05) is 127 Å². The van der Waals surface area contributed by atoms with Crippen LogP contribution >= 0.6 is 0 Å². The van der Waals surface area contributed by atoms with Crippen LogP contribution in [0, 0.1) is 6.92 Å². The summed E-state index contributed by atoms with van der Waals surface area (Å²) in [5.41, 5.74) is 13.2. The molecular weight excluding hydrogens is 695 g/mol. The maximum Gasteiger partial charge on any atom is 0.164 e. The highest BCUT2D eigenvalue weighted by Gasteiger charge is 2.18. The van der Waals surface area contributed by atoms with Gasteiger partial charge in [0, 0.05) is 49.6 Å². The minimum Gasteiger partial charge on any atom is -0.309 e. The summed E-state index contributed by atoms with van der Waals surface area (Å²) < 4.78 is 4.74. The normalized spacial score (nSPS) is 11.6. The molecule has 3 aromatic heterocycles. The first-order chi connectivity index (χ1) is 28.2. The molecule has 3 heterocycles. The molecule has 0 saturated carbocycles. The molecule has 0 fully saturated rings. The molecule has 0 atom stereocenters. The first-order valence-electron chi connectivity index (χ1n) is 19.3. The van der Waals surface area contributed by atoms with Crippen LogP contribution in [0.1, 0.15) is 5.56 Å². The highest BCUT2D eigenvalue weighted by atomic mass is 15.0. The summed E-state index contributed by atoms with van der Waals surface area (Å²) in [4.78, 5) is 15.0. The molecule has 11 rings (SSSR count). The fourth-order valence-electron chi connectivity index (χ4n) is 8.40. The molecule has 8 aromatic carbocycles. The number of benzene rings is 8. The average molecular weight is 730 g/mol. The van der Waals surface area contributed by atoms with Crippen LogP contribution in [0.3, 0.4) is 0 Å². The zero-order valence-corrected chi connectivity index (χ0v) is 31.2. The van der Waals surface area contributed by atoms with Gasteiger partial charge in [-0.05, 0) is 90.3 Å². The van der Waals surface area contributed by atoms with Crippen LogP contribution in [-0.4, -0.2) is 24.1 Å². The summed E-state index contributed by atoms with van der Waals surface area (Å²) >= 11 is 0. The van der Waals surface area contributed by atoms with Crippen LogP contribution < -0.4 is 0 Å². The van der Waals surface area contributed by atoms with Gasteiger partial charge < -0.3 is 9.13 Å². The SMILES string of the molecule is Cc1cc(-c2nc(-c3ccccc3)nc(-c3ccccc3)n2)cc(-n2c3ccccc3c3cc(-c4ccc5c(c4)c4ccccc4n5-c4ccccc4)ccc32)c1. The van der Waals surface area contributed by atoms with E-state index in [0.29, 0.717) is 17.5 Å². The molecule has 0 bridgehead atoms. The Morgan fingerprint density at radius 3 is 1.25 bits per heavy atom. The van der Waals surface area contributed by atoms with Crippen LogP contribution in [0.5, 0.6) is 0 Å². The summed E-state index contributed by atoms with van der Waals surface area (Å²) in [5, 5.41) is 4.90. The summed E-state index contributed by atoms with van der Waals surface area (Å²) in [6, 6.07) is 68.7. The average Bonchev–Trinajstić information content (AvgIpc) is 3.79. The topological polar surface area (TPSA) is 48.5 Å². The monoisotopic (exact) mass is 729 g/mol. The van der Waals surface area contributed by atoms with Crippen LogP contribution in [0.25, 0.3) is 100 Å². The van der Waals surface area contributed by atoms with E-state index in [4.69, 9.17) is 15.0 Å². The molecule has 268 valence electrons. The molecular formula is C52H35N5. The van der Waals surface area contributed by atoms with E-state index in [1.165, 1.54) is 43.7 Å². The zero-order valence-electron chi connectivity index (χ0n) is 31.2. The Labute approximate surface area is 329 Å². The third kappa shape index (κ3) is 5.59. The summed E-state index contributed by atoms with van der Waals surface area (Å²) in [6.45, 7) is 2.14. The lowest BCUT2D eigenvalue weighted by Crippen LogP contribution is -2.01. The van der Waals surface area contributed by atoms with Crippen molar-refractivity contribution in [3.05, 3.63) is 200 Å². The van der Waals surface area contributed by atoms with Crippen molar-refractivity contribution in [1.82, 2.24) is 24.1 Å². The Morgan fingerprint density at radius 2 is 0.719 bits per heavy atom. The van der Waals surface area contributed by atoms with Crippen molar-refractivity contribution in [3.63, 3.8) is 0 Å². The Balaban J connectivity index is 1.06. The smallest absolute Gasteiger partial charge is 0.164 e.